The van der Waals surface area contributed by atoms with E-state index in [9.17, 15) is 14.7 Å². The summed E-state index contributed by atoms with van der Waals surface area (Å²) < 4.78 is 5.49. The molecule has 3 N–H and O–H groups in total. The third-order valence-corrected chi connectivity index (χ3v) is 8.09. The molecule has 1 fully saturated rings. The molecule has 0 radical (unpaired) electrons. The number of hydrogen-bond donors (Lipinski definition) is 3. The van der Waals surface area contributed by atoms with Gasteiger partial charge in [-0.25, -0.2) is 4.98 Å². The number of imidazole rings is 1. The second-order valence-corrected chi connectivity index (χ2v) is 12.4. The molecule has 1 unspecified atom stereocenters. The van der Waals surface area contributed by atoms with Crippen molar-refractivity contribution in [2.45, 2.75) is 50.8 Å². The molecule has 1 aliphatic heterocycles. The second-order valence-electron chi connectivity index (χ2n) is 12.4. The first-order valence-corrected chi connectivity index (χ1v) is 15.4. The van der Waals surface area contributed by atoms with Gasteiger partial charge in [-0.3, -0.25) is 24.4 Å². The number of aliphatic hydroxyl groups excluding tert-OH is 1. The molecular weight excluding hydrogens is 568 g/mol. The van der Waals surface area contributed by atoms with Crippen LogP contribution >= 0.6 is 0 Å². The number of aromatic nitrogens is 3. The molecule has 1 saturated heterocycles. The van der Waals surface area contributed by atoms with Gasteiger partial charge in [0.15, 0.2) is 0 Å². The average molecular weight is 611 g/mol. The van der Waals surface area contributed by atoms with Crippen molar-refractivity contribution in [1.82, 2.24) is 25.2 Å². The number of carbonyl (C=O) groups excluding carboxylic acids is 2. The molecule has 2 amide bonds. The van der Waals surface area contributed by atoms with Crippen LogP contribution < -0.4 is 10.2 Å². The van der Waals surface area contributed by atoms with Gasteiger partial charge in [0, 0.05) is 49.5 Å². The Morgan fingerprint density at radius 1 is 1.04 bits per heavy atom. The Balaban J connectivity index is 1.53. The fraction of sp³-hybridized carbons (Fsp3) is 0.371. The van der Waals surface area contributed by atoms with E-state index in [1.165, 1.54) is 17.4 Å². The summed E-state index contributed by atoms with van der Waals surface area (Å²) in [6, 6.07) is 19.2. The predicted octanol–water partition coefficient (Wildman–Crippen LogP) is 3.91. The summed E-state index contributed by atoms with van der Waals surface area (Å²) >= 11 is 0. The van der Waals surface area contributed by atoms with Gasteiger partial charge < -0.3 is 20.1 Å². The minimum atomic E-state index is -1.10. The van der Waals surface area contributed by atoms with Crippen molar-refractivity contribution in [3.8, 4) is 0 Å². The molecule has 0 bridgehead atoms. The molecule has 0 aliphatic carbocycles. The molecule has 236 valence electrons. The predicted molar refractivity (Wildman–Crippen MR) is 173 cm³/mol. The number of aliphatic hydroxyl groups is 1. The zero-order valence-electron chi connectivity index (χ0n) is 26.1. The molecule has 3 heterocycles. The minimum absolute atomic E-state index is 0.100. The number of nitrogens with one attached hydrogen (secondary N) is 2. The molecule has 1 aliphatic rings. The molecule has 10 heteroatoms. The van der Waals surface area contributed by atoms with E-state index in [1.807, 2.05) is 54.6 Å². The summed E-state index contributed by atoms with van der Waals surface area (Å²) in [6.07, 6.45) is 5.71. The maximum Gasteiger partial charge on any atom is 0.279 e. The maximum absolute atomic E-state index is 14.6. The number of morpholine rings is 1. The van der Waals surface area contributed by atoms with Gasteiger partial charge >= 0.3 is 0 Å². The number of aromatic amines is 1. The smallest absolute Gasteiger partial charge is 0.279 e. The Morgan fingerprint density at radius 3 is 2.40 bits per heavy atom. The lowest BCUT2D eigenvalue weighted by Crippen LogP contribution is -2.54. The van der Waals surface area contributed by atoms with Gasteiger partial charge in [-0.15, -0.1) is 0 Å². The van der Waals surface area contributed by atoms with Crippen LogP contribution in [-0.2, 0) is 21.4 Å². The van der Waals surface area contributed by atoms with E-state index in [-0.39, 0.29) is 11.1 Å². The summed E-state index contributed by atoms with van der Waals surface area (Å²) in [5.74, 6) is -0.883. The maximum atomic E-state index is 14.6. The SMILES string of the molecule is CC(C)(C)c1ccc(N(C(=O)c2c[nH]cn2)C(C(=O)N[C@@H](Cc2ccccc2)[C@H](O)CN2CCOCC2)c2cccnc2)cc1. The van der Waals surface area contributed by atoms with E-state index in [0.29, 0.717) is 50.5 Å². The molecule has 0 saturated carbocycles. The molecule has 5 rings (SSSR count). The molecule has 0 spiro atoms. The molecule has 4 aromatic rings. The number of benzene rings is 2. The Labute approximate surface area is 264 Å². The average Bonchev–Trinajstić information content (AvgIpc) is 3.59. The van der Waals surface area contributed by atoms with Crippen LogP contribution in [0.25, 0.3) is 0 Å². The molecule has 45 heavy (non-hydrogen) atoms. The van der Waals surface area contributed by atoms with Crippen LogP contribution in [-0.4, -0.2) is 81.8 Å². The van der Waals surface area contributed by atoms with Crippen molar-refractivity contribution >= 4 is 17.5 Å². The van der Waals surface area contributed by atoms with Crippen molar-refractivity contribution in [2.24, 2.45) is 0 Å². The number of carbonyl (C=O) groups is 2. The molecular formula is C35H42N6O4. The van der Waals surface area contributed by atoms with E-state index in [2.05, 4.69) is 45.9 Å². The molecule has 2 aromatic heterocycles. The molecule has 2 aromatic carbocycles. The fourth-order valence-corrected chi connectivity index (χ4v) is 5.55. The topological polar surface area (TPSA) is 124 Å². The van der Waals surface area contributed by atoms with Crippen molar-refractivity contribution in [3.05, 3.63) is 114 Å². The zero-order chi connectivity index (χ0) is 31.8. The zero-order valence-corrected chi connectivity index (χ0v) is 26.1. The number of ether oxygens (including phenoxy) is 1. The van der Waals surface area contributed by atoms with Crippen molar-refractivity contribution in [2.75, 3.05) is 37.7 Å². The van der Waals surface area contributed by atoms with Crippen molar-refractivity contribution in [3.63, 3.8) is 0 Å². The molecule has 10 nitrogen and oxygen atoms in total. The quantitative estimate of drug-likeness (QED) is 0.235. The van der Waals surface area contributed by atoms with Crippen LogP contribution in [0, 0.1) is 0 Å². The Hall–Kier alpha value is -4.38. The summed E-state index contributed by atoms with van der Waals surface area (Å²) in [5, 5.41) is 14.7. The van der Waals surface area contributed by atoms with E-state index in [0.717, 1.165) is 11.1 Å². The summed E-state index contributed by atoms with van der Waals surface area (Å²) in [5.41, 5.74) is 3.20. The largest absolute Gasteiger partial charge is 0.390 e. The first-order chi connectivity index (χ1) is 21.7. The highest BCUT2D eigenvalue weighted by Gasteiger charge is 2.37. The third-order valence-electron chi connectivity index (χ3n) is 8.09. The number of anilines is 1. The van der Waals surface area contributed by atoms with Crippen LogP contribution in [0.15, 0.2) is 91.6 Å². The summed E-state index contributed by atoms with van der Waals surface area (Å²) in [6.45, 7) is 9.35. The van der Waals surface area contributed by atoms with Gasteiger partial charge in [0.2, 0.25) is 5.91 Å². The third kappa shape index (κ3) is 8.21. The number of β-amino-alcohol motifs (C(OH)–C–C–N with tert-alkyl or cyclic N) is 1. The van der Waals surface area contributed by atoms with Crippen LogP contribution in [0.4, 0.5) is 5.69 Å². The molecule has 3 atom stereocenters. The summed E-state index contributed by atoms with van der Waals surface area (Å²) in [4.78, 5) is 43.7. The van der Waals surface area contributed by atoms with Crippen molar-refractivity contribution in [1.29, 1.82) is 0 Å². The lowest BCUT2D eigenvalue weighted by Gasteiger charge is -2.35. The van der Waals surface area contributed by atoms with E-state index >= 15 is 0 Å². The number of H-pyrrole nitrogens is 1. The number of rotatable bonds is 11. The Kier molecular flexibility index (Phi) is 10.4. The fourth-order valence-electron chi connectivity index (χ4n) is 5.55. The van der Waals surface area contributed by atoms with Crippen LogP contribution in [0.2, 0.25) is 0 Å². The highest BCUT2D eigenvalue weighted by atomic mass is 16.5. The lowest BCUT2D eigenvalue weighted by molar-refractivity contribution is -0.124. The van der Waals surface area contributed by atoms with E-state index in [1.54, 1.807) is 24.5 Å². The van der Waals surface area contributed by atoms with Gasteiger partial charge in [-0.05, 0) is 41.2 Å². The first-order valence-electron chi connectivity index (χ1n) is 15.4. The Morgan fingerprint density at radius 2 is 1.78 bits per heavy atom. The first kappa shape index (κ1) is 32.0. The lowest BCUT2D eigenvalue weighted by atomic mass is 9.87. The normalized spacial score (nSPS) is 16.0. The van der Waals surface area contributed by atoms with Gasteiger partial charge in [-0.2, -0.15) is 0 Å². The van der Waals surface area contributed by atoms with Gasteiger partial charge in [0.25, 0.3) is 5.91 Å². The number of hydrogen-bond acceptors (Lipinski definition) is 7. The highest BCUT2D eigenvalue weighted by molar-refractivity contribution is 6.09. The number of pyridine rings is 1. The van der Waals surface area contributed by atoms with Crippen LogP contribution in [0.1, 0.15) is 54.0 Å². The monoisotopic (exact) mass is 610 g/mol. The number of nitrogens with zero attached hydrogens (tertiary/aromatic N) is 4. The van der Waals surface area contributed by atoms with Gasteiger partial charge in [0.1, 0.15) is 11.7 Å². The van der Waals surface area contributed by atoms with Crippen molar-refractivity contribution < 1.29 is 19.4 Å². The second kappa shape index (κ2) is 14.6. The van der Waals surface area contributed by atoms with Crippen LogP contribution in [0.5, 0.6) is 0 Å². The van der Waals surface area contributed by atoms with Crippen LogP contribution in [0.3, 0.4) is 0 Å². The minimum Gasteiger partial charge on any atom is -0.390 e. The van der Waals surface area contributed by atoms with Gasteiger partial charge in [-0.1, -0.05) is 69.3 Å². The highest BCUT2D eigenvalue weighted by Crippen LogP contribution is 2.32. The number of amides is 2. The van der Waals surface area contributed by atoms with E-state index < -0.39 is 30.0 Å². The summed E-state index contributed by atoms with van der Waals surface area (Å²) in [7, 11) is 0. The van der Waals surface area contributed by atoms with Gasteiger partial charge in [0.05, 0.1) is 31.7 Å². The Bertz CT molecular complexity index is 1500. The van der Waals surface area contributed by atoms with E-state index in [4.69, 9.17) is 4.74 Å². The standard InChI is InChI=1S/C35H42N6O4/c1-35(2,3)27-11-13-28(14-12-27)41(34(44)30-22-37-24-38-30)32(26-10-7-15-36-21-26)33(43)39-29(20-25-8-5-4-6-9-25)31(42)23-40-16-18-45-19-17-40/h4-15,21-22,24,29,31-32,42H,16-20,23H2,1-3H3,(H,37,38)(H,39,43)/t29-,31+,32?/m0/s1.